The molecule has 1 aromatic rings. The molecule has 0 aliphatic carbocycles. The van der Waals surface area contributed by atoms with E-state index in [2.05, 4.69) is 4.98 Å². The van der Waals surface area contributed by atoms with Crippen molar-refractivity contribution >= 4 is 47.1 Å². The molecule has 0 aliphatic heterocycles. The van der Waals surface area contributed by atoms with Crippen LogP contribution in [0.2, 0.25) is 5.02 Å². The van der Waals surface area contributed by atoms with Gasteiger partial charge in [-0.05, 0) is 12.1 Å². The van der Waals surface area contributed by atoms with Gasteiger partial charge in [-0.2, -0.15) is 0 Å². The van der Waals surface area contributed by atoms with Crippen molar-refractivity contribution in [3.63, 3.8) is 0 Å². The van der Waals surface area contributed by atoms with Crippen LogP contribution in [0.1, 0.15) is 5.69 Å². The molecular weight excluding hydrogens is 189 g/mol. The predicted octanol–water partition coefficient (Wildman–Crippen LogP) is 0.981. The topological polar surface area (TPSA) is 50.2 Å². The Balaban J connectivity index is 0.00000121. The molecule has 1 radical (unpaired) electrons. The van der Waals surface area contributed by atoms with E-state index in [1.54, 1.807) is 12.1 Å². The first-order valence-corrected chi connectivity index (χ1v) is 3.39. The first-order chi connectivity index (χ1) is 5.20. The number of hydrogen-bond acceptors (Lipinski definition) is 2. The molecule has 0 saturated heterocycles. The second-order valence-corrected chi connectivity index (χ2v) is 2.41. The number of rotatable bonds is 2. The van der Waals surface area contributed by atoms with Crippen molar-refractivity contribution in [2.45, 2.75) is 6.42 Å². The summed E-state index contributed by atoms with van der Waals surface area (Å²) < 4.78 is 0. The van der Waals surface area contributed by atoms with Crippen molar-refractivity contribution in [2.24, 2.45) is 0 Å². The molecule has 1 aromatic heterocycles. The van der Waals surface area contributed by atoms with Crippen molar-refractivity contribution in [3.05, 3.63) is 29.0 Å². The summed E-state index contributed by atoms with van der Waals surface area (Å²) in [6, 6.07) is 3.28. The van der Waals surface area contributed by atoms with E-state index in [1.165, 1.54) is 6.20 Å². The van der Waals surface area contributed by atoms with Gasteiger partial charge in [0, 0.05) is 35.8 Å². The van der Waals surface area contributed by atoms with Crippen LogP contribution in [0.3, 0.4) is 0 Å². The summed E-state index contributed by atoms with van der Waals surface area (Å²) in [5.74, 6) is -0.925. The number of aromatic nitrogens is 1. The van der Waals surface area contributed by atoms with E-state index in [4.69, 9.17) is 16.7 Å². The van der Waals surface area contributed by atoms with Gasteiger partial charge in [0.1, 0.15) is 0 Å². The van der Waals surface area contributed by atoms with Crippen LogP contribution in [-0.4, -0.2) is 45.6 Å². The number of carboxylic acid groups (broad SMARTS) is 1. The SMILES string of the molecule is O=C(O)Cc1ncccc1Cl.[Na]. The number of carbonyl (C=O) groups is 1. The molecule has 1 N–H and O–H groups in total. The molecular formula is C7H6ClNNaO2. The summed E-state index contributed by atoms with van der Waals surface area (Å²) in [7, 11) is 0. The summed E-state index contributed by atoms with van der Waals surface area (Å²) in [6.07, 6.45) is 1.39. The Morgan fingerprint density at radius 2 is 2.33 bits per heavy atom. The summed E-state index contributed by atoms with van der Waals surface area (Å²) in [5, 5.41) is 8.79. The first kappa shape index (κ1) is 11.9. The van der Waals surface area contributed by atoms with E-state index < -0.39 is 5.97 Å². The van der Waals surface area contributed by atoms with Gasteiger partial charge in [0.15, 0.2) is 0 Å². The molecule has 0 saturated carbocycles. The molecule has 0 bridgehead atoms. The minimum atomic E-state index is -0.925. The molecule has 59 valence electrons. The van der Waals surface area contributed by atoms with Gasteiger partial charge in [-0.3, -0.25) is 9.78 Å². The molecule has 3 nitrogen and oxygen atoms in total. The van der Waals surface area contributed by atoms with Crippen LogP contribution in [0.5, 0.6) is 0 Å². The minimum Gasteiger partial charge on any atom is -0.481 e. The maximum atomic E-state index is 10.2. The Morgan fingerprint density at radius 1 is 1.67 bits per heavy atom. The average molecular weight is 195 g/mol. The third-order valence-electron chi connectivity index (χ3n) is 1.15. The molecule has 1 rings (SSSR count). The molecule has 1 heterocycles. The van der Waals surface area contributed by atoms with E-state index in [0.29, 0.717) is 10.7 Å². The molecule has 0 atom stereocenters. The predicted molar refractivity (Wildman–Crippen MR) is 46.3 cm³/mol. The summed E-state index contributed by atoms with van der Waals surface area (Å²) in [4.78, 5) is 14.0. The summed E-state index contributed by atoms with van der Waals surface area (Å²) in [5.41, 5.74) is 0.404. The average Bonchev–Trinajstić information content (AvgIpc) is 1.93. The minimum absolute atomic E-state index is 0. The normalized spacial score (nSPS) is 8.75. The van der Waals surface area contributed by atoms with Crippen molar-refractivity contribution < 1.29 is 9.90 Å². The monoisotopic (exact) mass is 194 g/mol. The fourth-order valence-electron chi connectivity index (χ4n) is 0.692. The van der Waals surface area contributed by atoms with E-state index in [1.807, 2.05) is 0 Å². The maximum Gasteiger partial charge on any atom is 0.309 e. The Kier molecular flexibility index (Phi) is 5.50. The maximum absolute atomic E-state index is 10.2. The number of nitrogens with zero attached hydrogens (tertiary/aromatic N) is 1. The number of halogens is 1. The zero-order valence-electron chi connectivity index (χ0n) is 6.62. The number of carboxylic acids is 1. The smallest absolute Gasteiger partial charge is 0.309 e. The van der Waals surface area contributed by atoms with Gasteiger partial charge in [-0.15, -0.1) is 0 Å². The van der Waals surface area contributed by atoms with Crippen LogP contribution in [0.25, 0.3) is 0 Å². The van der Waals surface area contributed by atoms with E-state index in [9.17, 15) is 4.79 Å². The third kappa shape index (κ3) is 3.54. The van der Waals surface area contributed by atoms with Crippen molar-refractivity contribution in [2.75, 3.05) is 0 Å². The Hall–Kier alpha value is -0.0900. The second-order valence-electron chi connectivity index (χ2n) is 2.00. The molecule has 0 unspecified atom stereocenters. The van der Waals surface area contributed by atoms with E-state index >= 15 is 0 Å². The van der Waals surface area contributed by atoms with Crippen LogP contribution in [0.15, 0.2) is 18.3 Å². The fraction of sp³-hybridized carbons (Fsp3) is 0.143. The quantitative estimate of drug-likeness (QED) is 0.714. The van der Waals surface area contributed by atoms with Crippen LogP contribution in [0.4, 0.5) is 0 Å². The second kappa shape index (κ2) is 5.54. The molecule has 0 amide bonds. The standard InChI is InChI=1S/C7H6ClNO2.Na/c8-5-2-1-3-9-6(5)4-7(10)11;/h1-3H,4H2,(H,10,11);. The van der Waals surface area contributed by atoms with Crippen LogP contribution >= 0.6 is 11.6 Å². The van der Waals surface area contributed by atoms with Crippen LogP contribution < -0.4 is 0 Å². The van der Waals surface area contributed by atoms with Gasteiger partial charge >= 0.3 is 5.97 Å². The molecule has 5 heteroatoms. The van der Waals surface area contributed by atoms with E-state index in [0.717, 1.165) is 0 Å². The number of aliphatic carboxylic acids is 1. The van der Waals surface area contributed by atoms with Crippen LogP contribution in [-0.2, 0) is 11.2 Å². The van der Waals surface area contributed by atoms with Gasteiger partial charge in [0.2, 0.25) is 0 Å². The Bertz CT molecular complexity index is 280. The van der Waals surface area contributed by atoms with Gasteiger partial charge < -0.3 is 5.11 Å². The van der Waals surface area contributed by atoms with Crippen molar-refractivity contribution in [1.82, 2.24) is 4.98 Å². The van der Waals surface area contributed by atoms with Crippen molar-refractivity contribution in [1.29, 1.82) is 0 Å². The van der Waals surface area contributed by atoms with Gasteiger partial charge in [0.25, 0.3) is 0 Å². The molecule has 12 heavy (non-hydrogen) atoms. The fourth-order valence-corrected chi connectivity index (χ4v) is 0.880. The van der Waals surface area contributed by atoms with E-state index in [-0.39, 0.29) is 36.0 Å². The molecule has 0 spiro atoms. The zero-order chi connectivity index (χ0) is 8.27. The molecule has 0 aliphatic rings. The number of pyridine rings is 1. The summed E-state index contributed by atoms with van der Waals surface area (Å²) >= 11 is 5.64. The van der Waals surface area contributed by atoms with Gasteiger partial charge in [-0.1, -0.05) is 11.6 Å². The van der Waals surface area contributed by atoms with Crippen molar-refractivity contribution in [3.8, 4) is 0 Å². The van der Waals surface area contributed by atoms with Gasteiger partial charge in [0.05, 0.1) is 17.1 Å². The van der Waals surface area contributed by atoms with Crippen LogP contribution in [0, 0.1) is 0 Å². The Labute approximate surface area is 97.1 Å². The third-order valence-corrected chi connectivity index (χ3v) is 1.50. The first-order valence-electron chi connectivity index (χ1n) is 3.01. The number of hydrogen-bond donors (Lipinski definition) is 1. The largest absolute Gasteiger partial charge is 0.481 e. The Morgan fingerprint density at radius 3 is 2.83 bits per heavy atom. The zero-order valence-corrected chi connectivity index (χ0v) is 9.38. The molecule has 0 fully saturated rings. The summed E-state index contributed by atoms with van der Waals surface area (Å²) in [6.45, 7) is 0. The molecule has 0 aromatic carbocycles. The van der Waals surface area contributed by atoms with Gasteiger partial charge in [-0.25, -0.2) is 0 Å².